The number of allylic oxidation sites excluding steroid dienone is 4. The van der Waals surface area contributed by atoms with E-state index < -0.39 is 0 Å². The molecule has 1 unspecified atom stereocenters. The van der Waals surface area contributed by atoms with Crippen molar-refractivity contribution in [1.82, 2.24) is 4.98 Å². The molecule has 1 aliphatic carbocycles. The van der Waals surface area contributed by atoms with Crippen molar-refractivity contribution in [3.05, 3.63) is 41.6 Å². The minimum absolute atomic E-state index is 0.269. The molecule has 2 rings (SSSR count). The Balaban J connectivity index is 2.19. The Hall–Kier alpha value is -1.88. The number of rotatable bonds is 3. The van der Waals surface area contributed by atoms with E-state index in [1.165, 1.54) is 6.08 Å². The monoisotopic (exact) mass is 249 g/mol. The lowest BCUT2D eigenvalue weighted by Gasteiger charge is -2.16. The molecule has 0 amide bonds. The van der Waals surface area contributed by atoms with Gasteiger partial charge < -0.3 is 10.2 Å². The summed E-state index contributed by atoms with van der Waals surface area (Å²) in [7, 11) is 0. The fraction of sp³-hybridized carbons (Fsp3) is 0.308. The maximum atomic E-state index is 13.6. The molecule has 0 saturated carbocycles. The second-order valence-corrected chi connectivity index (χ2v) is 4.40. The number of pyridine rings is 1. The molecule has 1 heterocycles. The number of ether oxygens (including phenoxy) is 1. The van der Waals surface area contributed by atoms with E-state index in [1.807, 2.05) is 19.9 Å². The predicted octanol–water partition coefficient (Wildman–Crippen LogP) is 2.83. The molecule has 1 atom stereocenters. The number of nitrogens with one attached hydrogen (secondary N) is 1. The highest BCUT2D eigenvalue weighted by molar-refractivity contribution is 5.49. The molecular weight excluding hydrogens is 233 g/mol. The normalized spacial score (nSPS) is 19.0. The molecule has 0 bridgehead atoms. The number of nitrogens with two attached hydrogens (primary N) is 1. The van der Waals surface area contributed by atoms with Crippen LogP contribution in [-0.4, -0.2) is 4.98 Å². The fourth-order valence-corrected chi connectivity index (χ4v) is 1.75. The van der Waals surface area contributed by atoms with Gasteiger partial charge in [-0.1, -0.05) is 13.0 Å². The van der Waals surface area contributed by atoms with Gasteiger partial charge in [0.25, 0.3) is 0 Å². The first kappa shape index (κ1) is 12.6. The fourth-order valence-electron chi connectivity index (χ4n) is 1.75. The summed E-state index contributed by atoms with van der Waals surface area (Å²) in [6.07, 6.45) is 5.36. The molecule has 0 aromatic carbocycles. The summed E-state index contributed by atoms with van der Waals surface area (Å²) in [4.78, 5) is 4.07. The minimum Gasteiger partial charge on any atom is -0.440 e. The number of hydrazine groups is 1. The zero-order chi connectivity index (χ0) is 13.1. The van der Waals surface area contributed by atoms with E-state index in [9.17, 15) is 4.39 Å². The first-order valence-electron chi connectivity index (χ1n) is 5.78. The van der Waals surface area contributed by atoms with Crippen LogP contribution in [0.2, 0.25) is 0 Å². The van der Waals surface area contributed by atoms with Crippen LogP contribution in [0.25, 0.3) is 0 Å². The number of aryl methyl sites for hydroxylation is 1. The number of halogens is 1. The van der Waals surface area contributed by atoms with E-state index in [4.69, 9.17) is 10.6 Å². The number of hydrogen-bond acceptors (Lipinski definition) is 4. The predicted molar refractivity (Wildman–Crippen MR) is 68.5 cm³/mol. The standard InChI is InChI=1S/C13H16FN3O/c1-8-3-4-10(14)12(5-8)18-13-6-9(2)11(17-15)7-16-13/h3-4,6-8,17H,5,15H2,1-2H3. The highest BCUT2D eigenvalue weighted by Crippen LogP contribution is 2.27. The summed E-state index contributed by atoms with van der Waals surface area (Å²) in [5, 5.41) is 0. The zero-order valence-corrected chi connectivity index (χ0v) is 10.4. The highest BCUT2D eigenvalue weighted by Gasteiger charge is 2.16. The summed E-state index contributed by atoms with van der Waals surface area (Å²) < 4.78 is 19.1. The van der Waals surface area contributed by atoms with E-state index in [1.54, 1.807) is 12.3 Å². The van der Waals surface area contributed by atoms with Crippen LogP contribution in [0.5, 0.6) is 5.88 Å². The van der Waals surface area contributed by atoms with Crippen molar-refractivity contribution in [3.8, 4) is 5.88 Å². The summed E-state index contributed by atoms with van der Waals surface area (Å²) in [5.74, 6) is 5.94. The van der Waals surface area contributed by atoms with Gasteiger partial charge in [0.05, 0.1) is 11.9 Å². The summed E-state index contributed by atoms with van der Waals surface area (Å²) in [6, 6.07) is 1.72. The number of nitrogen functional groups attached to an aromatic ring is 1. The van der Waals surface area contributed by atoms with E-state index in [0.717, 1.165) is 5.56 Å². The van der Waals surface area contributed by atoms with Crippen molar-refractivity contribution in [2.24, 2.45) is 11.8 Å². The van der Waals surface area contributed by atoms with Crippen LogP contribution >= 0.6 is 0 Å². The molecule has 0 radical (unpaired) electrons. The van der Waals surface area contributed by atoms with E-state index in [-0.39, 0.29) is 11.7 Å². The van der Waals surface area contributed by atoms with E-state index in [2.05, 4.69) is 10.4 Å². The molecule has 1 aromatic rings. The van der Waals surface area contributed by atoms with Gasteiger partial charge in [0, 0.05) is 12.5 Å². The third-order valence-electron chi connectivity index (χ3n) is 2.81. The van der Waals surface area contributed by atoms with Crippen LogP contribution in [0.3, 0.4) is 0 Å². The molecule has 0 spiro atoms. The Morgan fingerprint density at radius 1 is 1.56 bits per heavy atom. The minimum atomic E-state index is -0.339. The van der Waals surface area contributed by atoms with Gasteiger partial charge in [-0.05, 0) is 24.5 Å². The molecule has 5 heteroatoms. The lowest BCUT2D eigenvalue weighted by Crippen LogP contribution is -2.10. The maximum absolute atomic E-state index is 13.6. The molecule has 1 aliphatic rings. The number of nitrogens with zero attached hydrogens (tertiary/aromatic N) is 1. The lowest BCUT2D eigenvalue weighted by atomic mass is 10.0. The van der Waals surface area contributed by atoms with Gasteiger partial charge in [0.1, 0.15) is 5.76 Å². The average molecular weight is 249 g/mol. The van der Waals surface area contributed by atoms with Crippen LogP contribution in [0, 0.1) is 12.8 Å². The SMILES string of the molecule is Cc1cc(OC2=C(F)C=CC(C)C2)ncc1NN. The number of aromatic nitrogens is 1. The summed E-state index contributed by atoms with van der Waals surface area (Å²) >= 11 is 0. The highest BCUT2D eigenvalue weighted by atomic mass is 19.1. The first-order valence-corrected chi connectivity index (χ1v) is 5.78. The number of anilines is 1. The van der Waals surface area contributed by atoms with Crippen molar-refractivity contribution >= 4 is 5.69 Å². The molecule has 0 aliphatic heterocycles. The van der Waals surface area contributed by atoms with Crippen LogP contribution in [-0.2, 0) is 0 Å². The molecular formula is C13H16FN3O. The molecule has 18 heavy (non-hydrogen) atoms. The Morgan fingerprint density at radius 3 is 3.00 bits per heavy atom. The summed E-state index contributed by atoms with van der Waals surface area (Å²) in [5.41, 5.74) is 4.13. The van der Waals surface area contributed by atoms with Gasteiger partial charge in [-0.3, -0.25) is 5.84 Å². The quantitative estimate of drug-likeness (QED) is 0.638. The molecule has 4 nitrogen and oxygen atoms in total. The van der Waals surface area contributed by atoms with E-state index >= 15 is 0 Å². The lowest BCUT2D eigenvalue weighted by molar-refractivity contribution is 0.348. The topological polar surface area (TPSA) is 60.2 Å². The van der Waals surface area contributed by atoms with Gasteiger partial charge >= 0.3 is 0 Å². The van der Waals surface area contributed by atoms with Gasteiger partial charge in [0.2, 0.25) is 5.88 Å². The zero-order valence-electron chi connectivity index (χ0n) is 10.4. The van der Waals surface area contributed by atoms with Gasteiger partial charge in [-0.15, -0.1) is 0 Å². The average Bonchev–Trinajstić information content (AvgIpc) is 2.34. The molecule has 96 valence electrons. The van der Waals surface area contributed by atoms with Crippen LogP contribution < -0.4 is 16.0 Å². The van der Waals surface area contributed by atoms with Crippen LogP contribution in [0.1, 0.15) is 18.9 Å². The smallest absolute Gasteiger partial charge is 0.219 e. The Bertz CT molecular complexity index is 511. The molecule has 0 fully saturated rings. The second kappa shape index (κ2) is 5.18. The molecule has 0 saturated heterocycles. The van der Waals surface area contributed by atoms with Crippen molar-refractivity contribution in [1.29, 1.82) is 0 Å². The van der Waals surface area contributed by atoms with Crippen LogP contribution in [0.15, 0.2) is 36.0 Å². The van der Waals surface area contributed by atoms with Crippen molar-refractivity contribution in [2.75, 3.05) is 5.43 Å². The second-order valence-electron chi connectivity index (χ2n) is 4.40. The number of hydrogen-bond donors (Lipinski definition) is 2. The van der Waals surface area contributed by atoms with Crippen LogP contribution in [0.4, 0.5) is 10.1 Å². The molecule has 3 N–H and O–H groups in total. The van der Waals surface area contributed by atoms with Crippen molar-refractivity contribution < 1.29 is 9.13 Å². The van der Waals surface area contributed by atoms with E-state index in [0.29, 0.717) is 23.7 Å². The molecule has 1 aromatic heterocycles. The summed E-state index contributed by atoms with van der Waals surface area (Å²) in [6.45, 7) is 3.88. The maximum Gasteiger partial charge on any atom is 0.219 e. The van der Waals surface area contributed by atoms with Gasteiger partial charge in [-0.2, -0.15) is 0 Å². The third-order valence-corrected chi connectivity index (χ3v) is 2.81. The first-order chi connectivity index (χ1) is 8.60. The van der Waals surface area contributed by atoms with Gasteiger partial charge in [0.15, 0.2) is 5.83 Å². The Morgan fingerprint density at radius 2 is 2.33 bits per heavy atom. The Kier molecular flexibility index (Phi) is 3.62. The van der Waals surface area contributed by atoms with Crippen molar-refractivity contribution in [2.45, 2.75) is 20.3 Å². The van der Waals surface area contributed by atoms with Gasteiger partial charge in [-0.25, -0.2) is 9.37 Å². The van der Waals surface area contributed by atoms with Crippen molar-refractivity contribution in [3.63, 3.8) is 0 Å². The largest absolute Gasteiger partial charge is 0.440 e. The Labute approximate surface area is 105 Å². The third kappa shape index (κ3) is 2.68.